The Bertz CT molecular complexity index is 641. The SMILES string of the molecule is COC(=O)c1ncc(Cc2ccccc2)cc1[N+](=O)[O-]. The molecule has 20 heavy (non-hydrogen) atoms. The number of hydrogen-bond donors (Lipinski definition) is 0. The number of pyridine rings is 1. The number of aromatic nitrogens is 1. The third-order valence-corrected chi connectivity index (χ3v) is 2.75. The molecule has 0 bridgehead atoms. The Morgan fingerprint density at radius 2 is 2.00 bits per heavy atom. The molecule has 2 rings (SSSR count). The smallest absolute Gasteiger partial charge is 0.363 e. The zero-order valence-corrected chi connectivity index (χ0v) is 10.8. The molecule has 0 aliphatic carbocycles. The summed E-state index contributed by atoms with van der Waals surface area (Å²) in [5.41, 5.74) is 1.05. The molecule has 2 aromatic rings. The van der Waals surface area contributed by atoms with E-state index in [1.807, 2.05) is 30.3 Å². The normalized spacial score (nSPS) is 10.1. The van der Waals surface area contributed by atoms with E-state index in [1.165, 1.54) is 12.3 Å². The lowest BCUT2D eigenvalue weighted by Gasteiger charge is -2.04. The second kappa shape index (κ2) is 5.92. The standard InChI is InChI=1S/C14H12N2O4/c1-20-14(17)13-12(16(18)19)8-11(9-15-13)7-10-5-3-2-4-6-10/h2-6,8-9H,7H2,1H3. The molecule has 0 atom stereocenters. The molecule has 0 saturated carbocycles. The Hall–Kier alpha value is -2.76. The van der Waals surface area contributed by atoms with Crippen LogP contribution in [-0.4, -0.2) is 23.0 Å². The summed E-state index contributed by atoms with van der Waals surface area (Å²) in [7, 11) is 1.16. The van der Waals surface area contributed by atoms with Crippen LogP contribution in [0.2, 0.25) is 0 Å². The van der Waals surface area contributed by atoms with Gasteiger partial charge in [0.1, 0.15) is 0 Å². The lowest BCUT2D eigenvalue weighted by Crippen LogP contribution is -2.09. The Labute approximate surface area is 115 Å². The molecule has 102 valence electrons. The Kier molecular flexibility index (Phi) is 4.05. The van der Waals surface area contributed by atoms with Crippen molar-refractivity contribution < 1.29 is 14.5 Å². The number of carbonyl (C=O) groups is 1. The number of rotatable bonds is 4. The summed E-state index contributed by atoms with van der Waals surface area (Å²) < 4.78 is 4.48. The van der Waals surface area contributed by atoms with Crippen molar-refractivity contribution in [1.29, 1.82) is 0 Å². The van der Waals surface area contributed by atoms with E-state index >= 15 is 0 Å². The maximum atomic E-state index is 11.4. The fourth-order valence-corrected chi connectivity index (χ4v) is 1.82. The zero-order chi connectivity index (χ0) is 14.5. The average Bonchev–Trinajstić information content (AvgIpc) is 2.47. The number of nitro groups is 1. The highest BCUT2D eigenvalue weighted by Crippen LogP contribution is 2.20. The highest BCUT2D eigenvalue weighted by Gasteiger charge is 2.23. The molecule has 0 saturated heterocycles. The third-order valence-electron chi connectivity index (χ3n) is 2.75. The molecule has 0 aliphatic rings. The van der Waals surface area contributed by atoms with Gasteiger partial charge in [-0.25, -0.2) is 9.78 Å². The number of esters is 1. The van der Waals surface area contributed by atoms with E-state index in [2.05, 4.69) is 9.72 Å². The van der Waals surface area contributed by atoms with Crippen LogP contribution in [0.5, 0.6) is 0 Å². The van der Waals surface area contributed by atoms with Crippen molar-refractivity contribution in [3.8, 4) is 0 Å². The fourth-order valence-electron chi connectivity index (χ4n) is 1.82. The molecular formula is C14H12N2O4. The van der Waals surface area contributed by atoms with Crippen LogP contribution in [0.15, 0.2) is 42.6 Å². The molecule has 6 nitrogen and oxygen atoms in total. The lowest BCUT2D eigenvalue weighted by atomic mass is 10.1. The molecule has 0 unspecified atom stereocenters. The quantitative estimate of drug-likeness (QED) is 0.484. The number of ether oxygens (including phenoxy) is 1. The molecule has 1 aromatic carbocycles. The molecule has 1 heterocycles. The molecule has 0 fully saturated rings. The van der Waals surface area contributed by atoms with Gasteiger partial charge in [0.2, 0.25) is 5.69 Å². The second-order valence-electron chi connectivity index (χ2n) is 4.12. The van der Waals surface area contributed by atoms with Crippen LogP contribution in [0.3, 0.4) is 0 Å². The van der Waals surface area contributed by atoms with Crippen molar-refractivity contribution in [1.82, 2.24) is 4.98 Å². The van der Waals surface area contributed by atoms with Gasteiger partial charge in [0.05, 0.1) is 12.0 Å². The van der Waals surface area contributed by atoms with Crippen LogP contribution in [0, 0.1) is 10.1 Å². The topological polar surface area (TPSA) is 82.3 Å². The van der Waals surface area contributed by atoms with Crippen molar-refractivity contribution in [3.05, 3.63) is 69.5 Å². The van der Waals surface area contributed by atoms with E-state index < -0.39 is 10.9 Å². The molecule has 1 aromatic heterocycles. The largest absolute Gasteiger partial charge is 0.464 e. The van der Waals surface area contributed by atoms with Crippen molar-refractivity contribution in [2.45, 2.75) is 6.42 Å². The summed E-state index contributed by atoms with van der Waals surface area (Å²) in [6, 6.07) is 10.9. The van der Waals surface area contributed by atoms with Gasteiger partial charge < -0.3 is 4.74 Å². The van der Waals surface area contributed by atoms with E-state index in [1.54, 1.807) is 0 Å². The van der Waals surface area contributed by atoms with Crippen molar-refractivity contribution in [2.24, 2.45) is 0 Å². The highest BCUT2D eigenvalue weighted by molar-refractivity contribution is 5.91. The number of methoxy groups -OCH3 is 1. The Morgan fingerprint density at radius 3 is 2.60 bits per heavy atom. The van der Waals surface area contributed by atoms with Gasteiger partial charge in [-0.05, 0) is 17.5 Å². The van der Waals surface area contributed by atoms with E-state index in [-0.39, 0.29) is 11.4 Å². The van der Waals surface area contributed by atoms with Gasteiger partial charge in [0.15, 0.2) is 0 Å². The van der Waals surface area contributed by atoms with Gasteiger partial charge >= 0.3 is 11.7 Å². The summed E-state index contributed by atoms with van der Waals surface area (Å²) >= 11 is 0. The van der Waals surface area contributed by atoms with Crippen molar-refractivity contribution in [3.63, 3.8) is 0 Å². The Balaban J connectivity index is 2.35. The predicted octanol–water partition coefficient (Wildman–Crippen LogP) is 2.37. The summed E-state index contributed by atoms with van der Waals surface area (Å²) in [5, 5.41) is 11.0. The van der Waals surface area contributed by atoms with Gasteiger partial charge in [0.25, 0.3) is 0 Å². The van der Waals surface area contributed by atoms with Gasteiger partial charge in [-0.1, -0.05) is 30.3 Å². The first kappa shape index (κ1) is 13.7. The molecule has 6 heteroatoms. The number of nitrogens with zero attached hydrogens (tertiary/aromatic N) is 2. The van der Waals surface area contributed by atoms with Crippen LogP contribution >= 0.6 is 0 Å². The summed E-state index contributed by atoms with van der Waals surface area (Å²) in [4.78, 5) is 25.6. The number of hydrogen-bond acceptors (Lipinski definition) is 5. The van der Waals surface area contributed by atoms with E-state index in [9.17, 15) is 14.9 Å². The zero-order valence-electron chi connectivity index (χ0n) is 10.8. The van der Waals surface area contributed by atoms with Crippen molar-refractivity contribution >= 4 is 11.7 Å². The van der Waals surface area contributed by atoms with Gasteiger partial charge in [-0.2, -0.15) is 0 Å². The summed E-state index contributed by atoms with van der Waals surface area (Å²) in [6.07, 6.45) is 1.96. The minimum Gasteiger partial charge on any atom is -0.464 e. The van der Waals surface area contributed by atoms with E-state index in [0.717, 1.165) is 12.7 Å². The Morgan fingerprint density at radius 1 is 1.30 bits per heavy atom. The van der Waals surface area contributed by atoms with Gasteiger partial charge in [-0.15, -0.1) is 0 Å². The predicted molar refractivity (Wildman–Crippen MR) is 71.5 cm³/mol. The number of carbonyl (C=O) groups excluding carboxylic acids is 1. The minimum absolute atomic E-state index is 0.283. The number of benzene rings is 1. The van der Waals surface area contributed by atoms with Gasteiger partial charge in [-0.3, -0.25) is 10.1 Å². The van der Waals surface area contributed by atoms with Crippen LogP contribution in [0.25, 0.3) is 0 Å². The summed E-state index contributed by atoms with van der Waals surface area (Å²) in [5.74, 6) is -0.817. The van der Waals surface area contributed by atoms with Crippen LogP contribution < -0.4 is 0 Å². The lowest BCUT2D eigenvalue weighted by molar-refractivity contribution is -0.385. The summed E-state index contributed by atoms with van der Waals surface area (Å²) in [6.45, 7) is 0. The minimum atomic E-state index is -0.817. The maximum absolute atomic E-state index is 11.4. The molecule has 0 N–H and O–H groups in total. The first-order chi connectivity index (χ1) is 9.61. The van der Waals surface area contributed by atoms with Crippen LogP contribution in [0.1, 0.15) is 21.6 Å². The van der Waals surface area contributed by atoms with E-state index in [0.29, 0.717) is 12.0 Å². The molecule has 0 amide bonds. The first-order valence-electron chi connectivity index (χ1n) is 5.87. The van der Waals surface area contributed by atoms with Crippen molar-refractivity contribution in [2.75, 3.05) is 7.11 Å². The monoisotopic (exact) mass is 272 g/mol. The molecule has 0 aliphatic heterocycles. The van der Waals surface area contributed by atoms with Gasteiger partial charge in [0, 0.05) is 12.3 Å². The van der Waals surface area contributed by atoms with E-state index in [4.69, 9.17) is 0 Å². The van der Waals surface area contributed by atoms with Crippen LogP contribution in [-0.2, 0) is 11.2 Å². The van der Waals surface area contributed by atoms with Crippen LogP contribution in [0.4, 0.5) is 5.69 Å². The average molecular weight is 272 g/mol. The first-order valence-corrected chi connectivity index (χ1v) is 5.87. The molecular weight excluding hydrogens is 260 g/mol. The molecule has 0 spiro atoms. The highest BCUT2D eigenvalue weighted by atomic mass is 16.6. The third kappa shape index (κ3) is 2.97. The fraction of sp³-hybridized carbons (Fsp3) is 0.143. The maximum Gasteiger partial charge on any atom is 0.363 e. The second-order valence-corrected chi connectivity index (χ2v) is 4.12. The molecule has 0 radical (unpaired) electrons.